The highest BCUT2D eigenvalue weighted by molar-refractivity contribution is 6.32. The van der Waals surface area contributed by atoms with E-state index in [0.717, 1.165) is 18.1 Å². The predicted octanol–water partition coefficient (Wildman–Crippen LogP) is 4.34. The highest BCUT2D eigenvalue weighted by Gasteiger charge is 2.14. The first-order valence-electron chi connectivity index (χ1n) is 5.93. The molecular weight excluding hydrogens is 255 g/mol. The number of halogens is 2. The van der Waals surface area contributed by atoms with Crippen molar-refractivity contribution in [3.63, 3.8) is 0 Å². The van der Waals surface area contributed by atoms with Crippen molar-refractivity contribution in [3.05, 3.63) is 22.8 Å². The summed E-state index contributed by atoms with van der Waals surface area (Å²) in [5, 5.41) is 0.636. The average molecular weight is 275 g/mol. The maximum atomic E-state index is 6.02. The van der Waals surface area contributed by atoms with Crippen LogP contribution in [0.1, 0.15) is 33.4 Å². The zero-order valence-electron chi connectivity index (χ0n) is 10.9. The van der Waals surface area contributed by atoms with E-state index < -0.39 is 0 Å². The van der Waals surface area contributed by atoms with E-state index in [1.807, 2.05) is 12.1 Å². The molecule has 1 aromatic heterocycles. The van der Waals surface area contributed by atoms with Crippen LogP contribution in [0.5, 0.6) is 0 Å². The van der Waals surface area contributed by atoms with Gasteiger partial charge in [0.1, 0.15) is 5.82 Å². The number of anilines is 1. The lowest BCUT2D eigenvalue weighted by atomic mass is 10.1. The lowest BCUT2D eigenvalue weighted by molar-refractivity contribution is 0.565. The van der Waals surface area contributed by atoms with E-state index in [9.17, 15) is 0 Å². The van der Waals surface area contributed by atoms with E-state index >= 15 is 0 Å². The molecule has 17 heavy (non-hydrogen) atoms. The molecule has 0 saturated heterocycles. The fraction of sp³-hybridized carbons (Fsp3) is 0.615. The van der Waals surface area contributed by atoms with E-state index in [1.165, 1.54) is 0 Å². The minimum absolute atomic E-state index is 0.348. The van der Waals surface area contributed by atoms with Crippen LogP contribution in [0.2, 0.25) is 5.02 Å². The Morgan fingerprint density at radius 1 is 1.24 bits per heavy atom. The molecule has 4 heteroatoms. The fourth-order valence-corrected chi connectivity index (χ4v) is 2.13. The van der Waals surface area contributed by atoms with Crippen molar-refractivity contribution < 1.29 is 0 Å². The molecule has 0 radical (unpaired) electrons. The van der Waals surface area contributed by atoms with Gasteiger partial charge in [0.2, 0.25) is 0 Å². The van der Waals surface area contributed by atoms with Gasteiger partial charge in [-0.1, -0.05) is 25.4 Å². The largest absolute Gasteiger partial charge is 0.354 e. The van der Waals surface area contributed by atoms with Crippen molar-refractivity contribution in [3.8, 4) is 0 Å². The molecule has 0 atom stereocenters. The Morgan fingerprint density at radius 3 is 2.35 bits per heavy atom. The van der Waals surface area contributed by atoms with Gasteiger partial charge in [-0.15, -0.1) is 11.6 Å². The van der Waals surface area contributed by atoms with Crippen LogP contribution < -0.4 is 4.90 Å². The van der Waals surface area contributed by atoms with Crippen LogP contribution in [0, 0.1) is 5.92 Å². The first-order chi connectivity index (χ1) is 7.95. The SMILES string of the molecule is CC(C)CN(c1ccc(Cl)c(CCl)n1)C(C)C. The molecule has 0 amide bonds. The summed E-state index contributed by atoms with van der Waals surface area (Å²) in [6.45, 7) is 9.72. The fourth-order valence-electron chi connectivity index (χ4n) is 1.69. The quantitative estimate of drug-likeness (QED) is 0.743. The molecule has 0 spiro atoms. The molecule has 0 unspecified atom stereocenters. The van der Waals surface area contributed by atoms with Gasteiger partial charge in [-0.2, -0.15) is 0 Å². The first kappa shape index (κ1) is 14.6. The number of nitrogens with zero attached hydrogens (tertiary/aromatic N) is 2. The summed E-state index contributed by atoms with van der Waals surface area (Å²) < 4.78 is 0. The van der Waals surface area contributed by atoms with Gasteiger partial charge in [0.25, 0.3) is 0 Å². The maximum absolute atomic E-state index is 6.02. The molecule has 0 bridgehead atoms. The molecule has 0 aliphatic carbocycles. The van der Waals surface area contributed by atoms with E-state index in [0.29, 0.717) is 22.9 Å². The number of aromatic nitrogens is 1. The summed E-state index contributed by atoms with van der Waals surface area (Å²) in [6.07, 6.45) is 0. The highest BCUT2D eigenvalue weighted by Crippen LogP contribution is 2.22. The minimum Gasteiger partial charge on any atom is -0.354 e. The Labute approximate surface area is 114 Å². The smallest absolute Gasteiger partial charge is 0.129 e. The van der Waals surface area contributed by atoms with Crippen LogP contribution in [0.3, 0.4) is 0 Å². The molecule has 1 rings (SSSR count). The average Bonchev–Trinajstić information content (AvgIpc) is 2.26. The van der Waals surface area contributed by atoms with E-state index in [4.69, 9.17) is 23.2 Å². The third-order valence-corrected chi connectivity index (χ3v) is 3.11. The van der Waals surface area contributed by atoms with Crippen molar-refractivity contribution >= 4 is 29.0 Å². The summed E-state index contributed by atoms with van der Waals surface area (Å²) in [7, 11) is 0. The van der Waals surface area contributed by atoms with Gasteiger partial charge >= 0.3 is 0 Å². The molecule has 0 aliphatic heterocycles. The molecule has 96 valence electrons. The summed E-state index contributed by atoms with van der Waals surface area (Å²) in [5.74, 6) is 1.89. The van der Waals surface area contributed by atoms with Crippen LogP contribution in [0.15, 0.2) is 12.1 Å². The number of hydrogen-bond acceptors (Lipinski definition) is 2. The van der Waals surface area contributed by atoms with Crippen molar-refractivity contribution in [1.29, 1.82) is 0 Å². The Morgan fingerprint density at radius 2 is 1.88 bits per heavy atom. The Kier molecular flexibility index (Phi) is 5.54. The summed E-state index contributed by atoms with van der Waals surface area (Å²) in [4.78, 5) is 6.80. The third-order valence-electron chi connectivity index (χ3n) is 2.51. The zero-order chi connectivity index (χ0) is 13.0. The molecule has 0 N–H and O–H groups in total. The van der Waals surface area contributed by atoms with Crippen LogP contribution >= 0.6 is 23.2 Å². The molecule has 1 aromatic rings. The highest BCUT2D eigenvalue weighted by atomic mass is 35.5. The van der Waals surface area contributed by atoms with Crippen molar-refractivity contribution in [2.24, 2.45) is 5.92 Å². The molecule has 1 heterocycles. The van der Waals surface area contributed by atoms with Crippen molar-refractivity contribution in [2.45, 2.75) is 39.6 Å². The van der Waals surface area contributed by atoms with E-state index in [1.54, 1.807) is 0 Å². The Bertz CT molecular complexity index is 364. The molecule has 0 aliphatic rings. The zero-order valence-corrected chi connectivity index (χ0v) is 12.4. The standard InChI is InChI=1S/C13H20Cl2N2/c1-9(2)8-17(10(3)4)13-6-5-11(15)12(7-14)16-13/h5-6,9-10H,7-8H2,1-4H3. The maximum Gasteiger partial charge on any atom is 0.129 e. The molecule has 2 nitrogen and oxygen atoms in total. The normalized spacial score (nSPS) is 11.3. The van der Waals surface area contributed by atoms with Gasteiger partial charge in [-0.3, -0.25) is 0 Å². The van der Waals surface area contributed by atoms with Crippen molar-refractivity contribution in [2.75, 3.05) is 11.4 Å². The summed E-state index contributed by atoms with van der Waals surface area (Å²) >= 11 is 11.8. The molecule has 0 fully saturated rings. The van der Waals surface area contributed by atoms with Crippen LogP contribution in [0.4, 0.5) is 5.82 Å². The van der Waals surface area contributed by atoms with Gasteiger partial charge in [0, 0.05) is 12.6 Å². The molecular formula is C13H20Cl2N2. The monoisotopic (exact) mass is 274 g/mol. The second kappa shape index (κ2) is 6.46. The predicted molar refractivity (Wildman–Crippen MR) is 76.1 cm³/mol. The number of pyridine rings is 1. The molecule has 0 saturated carbocycles. The third kappa shape index (κ3) is 4.04. The topological polar surface area (TPSA) is 16.1 Å². The number of hydrogen-bond donors (Lipinski definition) is 0. The van der Waals surface area contributed by atoms with E-state index in [-0.39, 0.29) is 0 Å². The second-order valence-corrected chi connectivity index (χ2v) is 5.55. The van der Waals surface area contributed by atoms with Gasteiger partial charge in [-0.05, 0) is 31.9 Å². The van der Waals surface area contributed by atoms with Crippen LogP contribution in [0.25, 0.3) is 0 Å². The summed E-state index contributed by atoms with van der Waals surface area (Å²) in [5.41, 5.74) is 0.750. The van der Waals surface area contributed by atoms with Gasteiger partial charge < -0.3 is 4.90 Å². The number of alkyl halides is 1. The van der Waals surface area contributed by atoms with Crippen molar-refractivity contribution in [1.82, 2.24) is 4.98 Å². The lowest BCUT2D eigenvalue weighted by Gasteiger charge is -2.30. The van der Waals surface area contributed by atoms with Crippen LogP contribution in [-0.4, -0.2) is 17.6 Å². The lowest BCUT2D eigenvalue weighted by Crippen LogP contribution is -2.34. The summed E-state index contributed by atoms with van der Waals surface area (Å²) in [6, 6.07) is 4.24. The molecule has 0 aromatic carbocycles. The Balaban J connectivity index is 3.01. The van der Waals surface area contributed by atoms with Gasteiger partial charge in [0.15, 0.2) is 0 Å². The first-order valence-corrected chi connectivity index (χ1v) is 6.85. The minimum atomic E-state index is 0.348. The second-order valence-electron chi connectivity index (χ2n) is 4.87. The van der Waals surface area contributed by atoms with Gasteiger partial charge in [-0.25, -0.2) is 4.98 Å². The van der Waals surface area contributed by atoms with Gasteiger partial charge in [0.05, 0.1) is 16.6 Å². The van der Waals surface area contributed by atoms with Crippen LogP contribution in [-0.2, 0) is 5.88 Å². The Hall–Kier alpha value is -0.470. The van der Waals surface area contributed by atoms with E-state index in [2.05, 4.69) is 37.6 Å². The number of rotatable bonds is 5.